The van der Waals surface area contributed by atoms with Gasteiger partial charge in [0, 0.05) is 17.2 Å². The summed E-state index contributed by atoms with van der Waals surface area (Å²) in [6.07, 6.45) is 3.62. The molecule has 5 nitrogen and oxygen atoms in total. The number of carbonyl (C=O) groups excluding carboxylic acids is 1. The van der Waals surface area contributed by atoms with E-state index in [1.807, 2.05) is 38.1 Å². The summed E-state index contributed by atoms with van der Waals surface area (Å²) >= 11 is 3.28. The van der Waals surface area contributed by atoms with Crippen molar-refractivity contribution in [3.8, 4) is 5.75 Å². The molecule has 7 heteroatoms. The van der Waals surface area contributed by atoms with Gasteiger partial charge < -0.3 is 10.4 Å². The lowest BCUT2D eigenvalue weighted by Gasteiger charge is -2.27. The maximum Gasteiger partial charge on any atom is 0.226 e. The van der Waals surface area contributed by atoms with Gasteiger partial charge in [-0.3, -0.25) is 9.10 Å². The van der Waals surface area contributed by atoms with Crippen LogP contribution >= 0.6 is 15.9 Å². The van der Waals surface area contributed by atoms with Gasteiger partial charge in [-0.15, -0.1) is 0 Å². The average molecular weight is 463 g/mol. The van der Waals surface area contributed by atoms with E-state index >= 15 is 0 Å². The molecule has 2 N–H and O–H groups in total. The van der Waals surface area contributed by atoms with Gasteiger partial charge in [0.15, 0.2) is 11.0 Å². The highest BCUT2D eigenvalue weighted by Crippen LogP contribution is 2.45. The highest BCUT2D eigenvalue weighted by Gasteiger charge is 2.44. The first-order valence-electron chi connectivity index (χ1n) is 9.05. The third kappa shape index (κ3) is 4.47. The fraction of sp³-hybridized carbons (Fsp3) is 0.286. The van der Waals surface area contributed by atoms with E-state index < -0.39 is 11.0 Å². The number of anilines is 1. The van der Waals surface area contributed by atoms with E-state index in [0.29, 0.717) is 20.8 Å². The Morgan fingerprint density at radius 2 is 1.96 bits per heavy atom. The third-order valence-electron chi connectivity index (χ3n) is 4.85. The topological polar surface area (TPSA) is 69.6 Å². The minimum Gasteiger partial charge on any atom is -0.507 e. The molecule has 28 heavy (non-hydrogen) atoms. The highest BCUT2D eigenvalue weighted by molar-refractivity contribution is 9.10. The first-order valence-corrected chi connectivity index (χ1v) is 10.9. The van der Waals surface area contributed by atoms with Crippen LogP contribution in [0, 0.1) is 5.41 Å². The van der Waals surface area contributed by atoms with Crippen LogP contribution in [0.2, 0.25) is 0 Å². The fourth-order valence-corrected chi connectivity index (χ4v) is 4.26. The molecular formula is C21H23BrN2O3S. The van der Waals surface area contributed by atoms with Gasteiger partial charge in [-0.25, -0.2) is 4.21 Å². The van der Waals surface area contributed by atoms with Crippen molar-refractivity contribution in [3.05, 3.63) is 64.8 Å². The molecule has 1 fully saturated rings. The second-order valence-corrected chi connectivity index (χ2v) is 9.20. The van der Waals surface area contributed by atoms with Crippen LogP contribution in [0.3, 0.4) is 0 Å². The number of halogens is 1. The van der Waals surface area contributed by atoms with Crippen molar-refractivity contribution in [1.82, 2.24) is 5.32 Å². The summed E-state index contributed by atoms with van der Waals surface area (Å²) in [6.45, 7) is 4.04. The number of hydrogen-bond donors (Lipinski definition) is 2. The van der Waals surface area contributed by atoms with Crippen molar-refractivity contribution in [3.63, 3.8) is 0 Å². The number of phenolic OH excluding ortho intramolecular Hbond substituents is 1. The molecule has 0 aromatic heterocycles. The maximum absolute atomic E-state index is 13.4. The molecule has 1 amide bonds. The Kier molecular flexibility index (Phi) is 6.25. The highest BCUT2D eigenvalue weighted by atomic mass is 79.9. The first kappa shape index (κ1) is 20.6. The van der Waals surface area contributed by atoms with E-state index in [-0.39, 0.29) is 23.6 Å². The lowest BCUT2D eigenvalue weighted by atomic mass is 10.1. The molecule has 1 aliphatic rings. The first-order chi connectivity index (χ1) is 13.4. The molecule has 1 aliphatic carbocycles. The second-order valence-electron chi connectivity index (χ2n) is 7.02. The molecule has 0 heterocycles. The standard InChI is InChI=1S/C21H23BrN2O3S/c1-3-15(14-23-20(26)21(2)11-12-21)24(16-9-10-18(22)19(25)13-16)28(27)17-7-5-4-6-8-17/h3-10,13,25H,11-12,14H2,1-2H3,(H,23,26)/b15-3-. The summed E-state index contributed by atoms with van der Waals surface area (Å²) in [5, 5.41) is 13.1. The van der Waals surface area contributed by atoms with Gasteiger partial charge in [0.25, 0.3) is 0 Å². The molecule has 1 saturated carbocycles. The van der Waals surface area contributed by atoms with E-state index in [1.54, 1.807) is 34.6 Å². The smallest absolute Gasteiger partial charge is 0.226 e. The molecule has 1 atom stereocenters. The quantitative estimate of drug-likeness (QED) is 0.635. The Morgan fingerprint density at radius 3 is 2.54 bits per heavy atom. The van der Waals surface area contributed by atoms with Gasteiger partial charge in [-0.1, -0.05) is 31.2 Å². The van der Waals surface area contributed by atoms with Gasteiger partial charge in [0.05, 0.1) is 21.6 Å². The minimum atomic E-state index is -1.55. The number of nitrogens with zero attached hydrogens (tertiary/aromatic N) is 1. The largest absolute Gasteiger partial charge is 0.507 e. The fourth-order valence-electron chi connectivity index (χ4n) is 2.73. The summed E-state index contributed by atoms with van der Waals surface area (Å²) in [5.74, 6) is 0.0634. The zero-order valence-corrected chi connectivity index (χ0v) is 18.2. The number of allylic oxidation sites excluding steroid dienone is 1. The molecule has 1 unspecified atom stereocenters. The number of hydrogen-bond acceptors (Lipinski definition) is 3. The van der Waals surface area contributed by atoms with Crippen LogP contribution in [0.25, 0.3) is 0 Å². The Bertz CT molecular complexity index is 927. The van der Waals surface area contributed by atoms with E-state index in [4.69, 9.17) is 0 Å². The number of amides is 1. The number of nitrogens with one attached hydrogen (secondary N) is 1. The van der Waals surface area contributed by atoms with E-state index in [9.17, 15) is 14.1 Å². The predicted molar refractivity (Wildman–Crippen MR) is 115 cm³/mol. The number of benzene rings is 2. The SMILES string of the molecule is C/C=C(/CNC(=O)C1(C)CC1)N(c1ccc(Br)c(O)c1)S(=O)c1ccccc1. The Hall–Kier alpha value is -2.12. The molecule has 0 saturated heterocycles. The van der Waals surface area contributed by atoms with Crippen molar-refractivity contribution in [2.75, 3.05) is 10.8 Å². The molecular weight excluding hydrogens is 440 g/mol. The molecule has 0 radical (unpaired) electrons. The van der Waals surface area contributed by atoms with Gasteiger partial charge >= 0.3 is 0 Å². The number of phenols is 1. The average Bonchev–Trinajstić information content (AvgIpc) is 3.46. The van der Waals surface area contributed by atoms with E-state index in [1.165, 1.54) is 0 Å². The molecule has 148 valence electrons. The van der Waals surface area contributed by atoms with Crippen LogP contribution in [-0.4, -0.2) is 21.8 Å². The minimum absolute atomic E-state index is 0.0101. The van der Waals surface area contributed by atoms with Gasteiger partial charge in [0.1, 0.15) is 5.75 Å². The van der Waals surface area contributed by atoms with Crippen LogP contribution in [-0.2, 0) is 15.8 Å². The molecule has 0 aliphatic heterocycles. The van der Waals surface area contributed by atoms with Gasteiger partial charge in [-0.05, 0) is 60.0 Å². The van der Waals surface area contributed by atoms with Crippen molar-refractivity contribution < 1.29 is 14.1 Å². The van der Waals surface area contributed by atoms with E-state index in [2.05, 4.69) is 21.2 Å². The number of aromatic hydroxyl groups is 1. The normalized spacial score (nSPS) is 16.3. The second kappa shape index (κ2) is 8.49. The van der Waals surface area contributed by atoms with Gasteiger partial charge in [-0.2, -0.15) is 0 Å². The van der Waals surface area contributed by atoms with Crippen molar-refractivity contribution >= 4 is 38.5 Å². The van der Waals surface area contributed by atoms with Crippen LogP contribution < -0.4 is 9.62 Å². The van der Waals surface area contributed by atoms with Crippen molar-refractivity contribution in [2.45, 2.75) is 31.6 Å². The summed E-state index contributed by atoms with van der Waals surface area (Å²) in [6, 6.07) is 14.1. The monoisotopic (exact) mass is 462 g/mol. The predicted octanol–water partition coefficient (Wildman–Crippen LogP) is 4.50. The van der Waals surface area contributed by atoms with Gasteiger partial charge in [0.2, 0.25) is 5.91 Å². The van der Waals surface area contributed by atoms with Crippen LogP contribution in [0.1, 0.15) is 26.7 Å². The summed E-state index contributed by atoms with van der Waals surface area (Å²) < 4.78 is 15.6. The summed E-state index contributed by atoms with van der Waals surface area (Å²) in [5.41, 5.74) is 0.974. The van der Waals surface area contributed by atoms with Crippen LogP contribution in [0.4, 0.5) is 5.69 Å². The number of carbonyl (C=O) groups is 1. The molecule has 2 aromatic rings. The summed E-state index contributed by atoms with van der Waals surface area (Å²) in [4.78, 5) is 13.0. The zero-order valence-electron chi connectivity index (χ0n) is 15.8. The van der Waals surface area contributed by atoms with Crippen LogP contribution in [0.15, 0.2) is 69.7 Å². The van der Waals surface area contributed by atoms with Crippen LogP contribution in [0.5, 0.6) is 5.75 Å². The zero-order chi connectivity index (χ0) is 20.3. The molecule has 0 bridgehead atoms. The Labute approximate surface area is 176 Å². The molecule has 3 rings (SSSR count). The molecule has 2 aromatic carbocycles. The summed E-state index contributed by atoms with van der Waals surface area (Å²) in [7, 11) is -1.55. The molecule has 0 spiro atoms. The van der Waals surface area contributed by atoms with Crippen molar-refractivity contribution in [1.29, 1.82) is 0 Å². The van der Waals surface area contributed by atoms with Crippen molar-refractivity contribution in [2.24, 2.45) is 5.41 Å². The third-order valence-corrected chi connectivity index (χ3v) is 6.97. The maximum atomic E-state index is 13.4. The number of rotatable bonds is 7. The van der Waals surface area contributed by atoms with E-state index in [0.717, 1.165) is 12.8 Å². The Balaban J connectivity index is 1.93. The lowest BCUT2D eigenvalue weighted by molar-refractivity contribution is -0.125. The lowest BCUT2D eigenvalue weighted by Crippen LogP contribution is -2.37. The Morgan fingerprint density at radius 1 is 1.29 bits per heavy atom.